The smallest absolute Gasteiger partial charge is 0.270 e. The second kappa shape index (κ2) is 9.61. The first-order valence-corrected chi connectivity index (χ1v) is 9.76. The summed E-state index contributed by atoms with van der Waals surface area (Å²) in [6.07, 6.45) is 3.85. The minimum atomic E-state index is -0.417. The lowest BCUT2D eigenvalue weighted by Gasteiger charge is -2.04. The summed E-state index contributed by atoms with van der Waals surface area (Å²) in [6.45, 7) is 2.85. The predicted octanol–water partition coefficient (Wildman–Crippen LogP) is 5.34. The second-order valence-electron chi connectivity index (χ2n) is 5.99. The van der Waals surface area contributed by atoms with Gasteiger partial charge in [-0.15, -0.1) is 11.3 Å². The number of nitrogens with zero attached hydrogens (tertiary/aromatic N) is 3. The fourth-order valence-corrected chi connectivity index (χ4v) is 3.05. The molecule has 0 radical (unpaired) electrons. The molecule has 144 valence electrons. The normalized spacial score (nSPS) is 10.9. The Labute approximate surface area is 166 Å². The molecule has 1 N–H and O–H groups in total. The maximum absolute atomic E-state index is 10.9. The van der Waals surface area contributed by atoms with Crippen molar-refractivity contribution in [1.82, 2.24) is 4.98 Å². The lowest BCUT2D eigenvalue weighted by molar-refractivity contribution is -0.384. The fraction of sp³-hybridized carbons (Fsp3) is 0.200. The molecule has 0 unspecified atom stereocenters. The largest absolute Gasteiger partial charge is 0.494 e. The molecular formula is C20H20N4O3S. The van der Waals surface area contributed by atoms with Gasteiger partial charge in [-0.05, 0) is 36.2 Å². The molecule has 28 heavy (non-hydrogen) atoms. The Kier molecular flexibility index (Phi) is 6.69. The SMILES string of the molecule is CCCCOc1ccc(C=NNc2nc(-c3cccc([N+](=O)[O-])c3)cs2)cc1. The minimum absolute atomic E-state index is 0.0418. The van der Waals surface area contributed by atoms with Crippen molar-refractivity contribution in [2.75, 3.05) is 12.0 Å². The van der Waals surface area contributed by atoms with Crippen LogP contribution in [0.3, 0.4) is 0 Å². The molecule has 1 heterocycles. The fourth-order valence-electron chi connectivity index (χ4n) is 2.38. The number of unbranched alkanes of at least 4 members (excludes halogenated alkanes) is 1. The molecule has 0 bridgehead atoms. The van der Waals surface area contributed by atoms with Gasteiger partial charge in [-0.3, -0.25) is 15.5 Å². The molecule has 0 saturated carbocycles. The first kappa shape index (κ1) is 19.5. The Bertz CT molecular complexity index is 954. The van der Waals surface area contributed by atoms with Crippen LogP contribution in [-0.2, 0) is 0 Å². The van der Waals surface area contributed by atoms with Crippen molar-refractivity contribution in [3.63, 3.8) is 0 Å². The highest BCUT2D eigenvalue weighted by Crippen LogP contribution is 2.27. The van der Waals surface area contributed by atoms with Crippen molar-refractivity contribution in [2.45, 2.75) is 19.8 Å². The number of aromatic nitrogens is 1. The summed E-state index contributed by atoms with van der Waals surface area (Å²) in [7, 11) is 0. The maximum Gasteiger partial charge on any atom is 0.270 e. The number of ether oxygens (including phenoxy) is 1. The number of benzene rings is 2. The van der Waals surface area contributed by atoms with Crippen LogP contribution in [0.2, 0.25) is 0 Å². The zero-order valence-corrected chi connectivity index (χ0v) is 16.2. The number of nitro groups is 1. The van der Waals surface area contributed by atoms with Gasteiger partial charge in [0.05, 0.1) is 23.4 Å². The molecule has 7 nitrogen and oxygen atoms in total. The molecule has 0 aliphatic heterocycles. The molecule has 0 fully saturated rings. The van der Waals surface area contributed by atoms with E-state index in [2.05, 4.69) is 22.4 Å². The first-order chi connectivity index (χ1) is 13.7. The number of rotatable bonds is 9. The molecular weight excluding hydrogens is 376 g/mol. The van der Waals surface area contributed by atoms with Gasteiger partial charge in [-0.2, -0.15) is 5.10 Å². The zero-order valence-electron chi connectivity index (χ0n) is 15.4. The van der Waals surface area contributed by atoms with E-state index >= 15 is 0 Å². The van der Waals surface area contributed by atoms with E-state index < -0.39 is 4.92 Å². The summed E-state index contributed by atoms with van der Waals surface area (Å²) in [4.78, 5) is 14.9. The standard InChI is InChI=1S/C20H20N4O3S/c1-2-3-11-27-18-9-7-15(8-10-18)13-21-23-20-22-19(14-28-20)16-5-4-6-17(12-16)24(25)26/h4-10,12-14H,2-3,11H2,1H3,(H,22,23). The highest BCUT2D eigenvalue weighted by Gasteiger charge is 2.09. The van der Waals surface area contributed by atoms with Gasteiger partial charge in [0.15, 0.2) is 0 Å². The van der Waals surface area contributed by atoms with Crippen molar-refractivity contribution in [3.8, 4) is 17.0 Å². The Morgan fingerprint density at radius 3 is 2.86 bits per heavy atom. The van der Waals surface area contributed by atoms with Crippen molar-refractivity contribution in [1.29, 1.82) is 0 Å². The summed E-state index contributed by atoms with van der Waals surface area (Å²) < 4.78 is 5.63. The Morgan fingerprint density at radius 1 is 1.29 bits per heavy atom. The third-order valence-electron chi connectivity index (χ3n) is 3.88. The van der Waals surface area contributed by atoms with Crippen molar-refractivity contribution >= 4 is 28.4 Å². The Hall–Kier alpha value is -3.26. The van der Waals surface area contributed by atoms with E-state index in [4.69, 9.17) is 4.74 Å². The molecule has 2 aromatic carbocycles. The van der Waals surface area contributed by atoms with Crippen LogP contribution in [0.1, 0.15) is 25.3 Å². The first-order valence-electron chi connectivity index (χ1n) is 8.88. The van der Waals surface area contributed by atoms with Crippen LogP contribution in [0.4, 0.5) is 10.8 Å². The number of hydrogen-bond donors (Lipinski definition) is 1. The van der Waals surface area contributed by atoms with Crippen LogP contribution < -0.4 is 10.2 Å². The van der Waals surface area contributed by atoms with Crippen LogP contribution in [0.25, 0.3) is 11.3 Å². The van der Waals surface area contributed by atoms with E-state index in [1.165, 1.54) is 23.5 Å². The molecule has 1 aromatic heterocycles. The number of nitrogens with one attached hydrogen (secondary N) is 1. The van der Waals surface area contributed by atoms with Crippen LogP contribution in [0, 0.1) is 10.1 Å². The summed E-state index contributed by atoms with van der Waals surface area (Å²) in [5, 5.41) is 17.5. The lowest BCUT2D eigenvalue weighted by Crippen LogP contribution is -1.96. The monoisotopic (exact) mass is 396 g/mol. The van der Waals surface area contributed by atoms with Crippen LogP contribution >= 0.6 is 11.3 Å². The van der Waals surface area contributed by atoms with E-state index in [1.807, 2.05) is 29.6 Å². The third kappa shape index (κ3) is 5.37. The van der Waals surface area contributed by atoms with E-state index in [0.29, 0.717) is 16.4 Å². The number of non-ortho nitro benzene ring substituents is 1. The van der Waals surface area contributed by atoms with Gasteiger partial charge in [0, 0.05) is 23.1 Å². The maximum atomic E-state index is 10.9. The lowest BCUT2D eigenvalue weighted by atomic mass is 10.1. The third-order valence-corrected chi connectivity index (χ3v) is 4.62. The van der Waals surface area contributed by atoms with Crippen LogP contribution in [0.5, 0.6) is 5.75 Å². The Morgan fingerprint density at radius 2 is 2.11 bits per heavy atom. The highest BCUT2D eigenvalue weighted by molar-refractivity contribution is 7.14. The minimum Gasteiger partial charge on any atom is -0.494 e. The quantitative estimate of drug-likeness (QED) is 0.228. The molecule has 8 heteroatoms. The van der Waals surface area contributed by atoms with Gasteiger partial charge >= 0.3 is 0 Å². The predicted molar refractivity (Wildman–Crippen MR) is 112 cm³/mol. The highest BCUT2D eigenvalue weighted by atomic mass is 32.1. The van der Waals surface area contributed by atoms with Crippen molar-refractivity contribution in [2.24, 2.45) is 5.10 Å². The zero-order chi connectivity index (χ0) is 19.8. The molecule has 3 rings (SSSR count). The molecule has 0 atom stereocenters. The van der Waals surface area contributed by atoms with E-state index in [0.717, 1.165) is 30.8 Å². The average Bonchev–Trinajstić information content (AvgIpc) is 3.18. The van der Waals surface area contributed by atoms with Gasteiger partial charge in [0.1, 0.15) is 5.75 Å². The van der Waals surface area contributed by atoms with Crippen molar-refractivity contribution in [3.05, 3.63) is 69.6 Å². The van der Waals surface area contributed by atoms with Crippen molar-refractivity contribution < 1.29 is 9.66 Å². The molecule has 0 amide bonds. The van der Waals surface area contributed by atoms with Gasteiger partial charge in [-0.1, -0.05) is 25.5 Å². The molecule has 0 aliphatic carbocycles. The molecule has 0 saturated heterocycles. The summed E-state index contributed by atoms with van der Waals surface area (Å²) in [6, 6.07) is 14.1. The van der Waals surface area contributed by atoms with Crippen LogP contribution in [-0.4, -0.2) is 22.7 Å². The average molecular weight is 396 g/mol. The van der Waals surface area contributed by atoms with Gasteiger partial charge < -0.3 is 4.74 Å². The van der Waals surface area contributed by atoms with Crippen LogP contribution in [0.15, 0.2) is 59.0 Å². The van der Waals surface area contributed by atoms with Gasteiger partial charge in [0.25, 0.3) is 5.69 Å². The summed E-state index contributed by atoms with van der Waals surface area (Å²) in [5.41, 5.74) is 5.23. The summed E-state index contributed by atoms with van der Waals surface area (Å²) in [5.74, 6) is 0.847. The molecule has 3 aromatic rings. The van der Waals surface area contributed by atoms with Gasteiger partial charge in [0.2, 0.25) is 5.13 Å². The number of thiazole rings is 1. The molecule has 0 aliphatic rings. The number of anilines is 1. The molecule has 0 spiro atoms. The topological polar surface area (TPSA) is 89.7 Å². The van der Waals surface area contributed by atoms with E-state index in [1.54, 1.807) is 18.3 Å². The Balaban J connectivity index is 1.58. The number of hydrogen-bond acceptors (Lipinski definition) is 7. The second-order valence-corrected chi connectivity index (χ2v) is 6.84. The summed E-state index contributed by atoms with van der Waals surface area (Å²) >= 11 is 1.38. The number of nitro benzene ring substituents is 1. The van der Waals surface area contributed by atoms with E-state index in [9.17, 15) is 10.1 Å². The van der Waals surface area contributed by atoms with Gasteiger partial charge in [-0.25, -0.2) is 4.98 Å². The van der Waals surface area contributed by atoms with E-state index in [-0.39, 0.29) is 5.69 Å². The number of hydrazone groups is 1.